The standard InChI is InChI=1S/C30H30ClF3N4O/c1-2-14-38-15-12-29(13-16-38,24-8-6-22(7-9-24)23-5-3-4-21(17-23)19-35)20-36-28(39)37-27-18-25(30(32,33)34)10-11-26(27)31/h3-11,17-18H,2,12-16,20H2,1H3,(H2,36,37,39). The molecule has 0 saturated carbocycles. The number of likely N-dealkylation sites (tertiary alicyclic amines) is 1. The van der Waals surface area contributed by atoms with E-state index in [1.54, 1.807) is 6.07 Å². The number of benzene rings is 3. The van der Waals surface area contributed by atoms with Gasteiger partial charge in [-0.25, -0.2) is 4.79 Å². The Balaban J connectivity index is 1.53. The molecule has 2 amide bonds. The van der Waals surface area contributed by atoms with Gasteiger partial charge in [-0.1, -0.05) is 54.9 Å². The van der Waals surface area contributed by atoms with Crippen molar-refractivity contribution in [2.45, 2.75) is 37.8 Å². The normalized spacial score (nSPS) is 15.4. The Morgan fingerprint density at radius 2 is 1.77 bits per heavy atom. The number of nitrogens with one attached hydrogen (secondary N) is 2. The number of amides is 2. The molecular formula is C30H30ClF3N4O. The molecule has 2 N–H and O–H groups in total. The maximum absolute atomic E-state index is 13.1. The summed E-state index contributed by atoms with van der Waals surface area (Å²) < 4.78 is 39.4. The minimum absolute atomic E-state index is 0.0248. The maximum atomic E-state index is 13.1. The van der Waals surface area contributed by atoms with Crippen LogP contribution in [0, 0.1) is 11.3 Å². The fourth-order valence-electron chi connectivity index (χ4n) is 5.09. The van der Waals surface area contributed by atoms with E-state index in [2.05, 4.69) is 40.7 Å². The first-order valence-corrected chi connectivity index (χ1v) is 13.3. The van der Waals surface area contributed by atoms with Gasteiger partial charge in [0.05, 0.1) is 27.9 Å². The number of nitrogens with zero attached hydrogens (tertiary/aromatic N) is 2. The topological polar surface area (TPSA) is 68.2 Å². The van der Waals surface area contributed by atoms with E-state index in [4.69, 9.17) is 11.6 Å². The lowest BCUT2D eigenvalue weighted by molar-refractivity contribution is -0.137. The quantitative estimate of drug-likeness (QED) is 0.318. The largest absolute Gasteiger partial charge is 0.416 e. The number of halogens is 4. The van der Waals surface area contributed by atoms with E-state index >= 15 is 0 Å². The zero-order valence-corrected chi connectivity index (χ0v) is 22.4. The summed E-state index contributed by atoms with van der Waals surface area (Å²) in [6.45, 7) is 5.22. The number of alkyl halides is 3. The van der Waals surface area contributed by atoms with Crippen LogP contribution >= 0.6 is 11.6 Å². The minimum atomic E-state index is -4.55. The van der Waals surface area contributed by atoms with E-state index in [1.165, 1.54) is 0 Å². The van der Waals surface area contributed by atoms with Crippen molar-refractivity contribution < 1.29 is 18.0 Å². The molecule has 204 valence electrons. The third-order valence-corrected chi connectivity index (χ3v) is 7.63. The molecule has 3 aromatic carbocycles. The van der Waals surface area contributed by atoms with E-state index < -0.39 is 17.8 Å². The highest BCUT2D eigenvalue weighted by Crippen LogP contribution is 2.37. The molecule has 0 bridgehead atoms. The van der Waals surface area contributed by atoms with Crippen molar-refractivity contribution in [2.24, 2.45) is 0 Å². The van der Waals surface area contributed by atoms with E-state index in [1.807, 2.05) is 30.3 Å². The summed E-state index contributed by atoms with van der Waals surface area (Å²) in [6, 6.07) is 20.0. The van der Waals surface area contributed by atoms with Crippen LogP contribution in [0.3, 0.4) is 0 Å². The SMILES string of the molecule is CCCN1CCC(CNC(=O)Nc2cc(C(F)(F)F)ccc2Cl)(c2ccc(-c3cccc(C#N)c3)cc2)CC1. The van der Waals surface area contributed by atoms with E-state index in [0.717, 1.165) is 73.8 Å². The number of urea groups is 1. The maximum Gasteiger partial charge on any atom is 0.416 e. The second-order valence-electron chi connectivity index (χ2n) is 9.89. The third-order valence-electron chi connectivity index (χ3n) is 7.30. The van der Waals surface area contributed by atoms with Gasteiger partial charge in [-0.15, -0.1) is 0 Å². The second kappa shape index (κ2) is 12.1. The van der Waals surface area contributed by atoms with Crippen LogP contribution in [-0.2, 0) is 11.6 Å². The first kappa shape index (κ1) is 28.5. The molecule has 1 heterocycles. The summed E-state index contributed by atoms with van der Waals surface area (Å²) >= 11 is 6.06. The average molecular weight is 555 g/mol. The average Bonchev–Trinajstić information content (AvgIpc) is 2.94. The molecule has 1 saturated heterocycles. The van der Waals surface area contributed by atoms with Gasteiger partial charge in [-0.2, -0.15) is 18.4 Å². The molecule has 1 aliphatic rings. The van der Waals surface area contributed by atoms with Crippen LogP contribution in [0.15, 0.2) is 66.7 Å². The van der Waals surface area contributed by atoms with Gasteiger partial charge in [-0.05, 0) is 85.9 Å². The predicted octanol–water partition coefficient (Wildman–Crippen LogP) is 7.46. The van der Waals surface area contributed by atoms with Gasteiger partial charge in [-0.3, -0.25) is 0 Å². The Hall–Kier alpha value is -3.54. The van der Waals surface area contributed by atoms with Crippen LogP contribution in [0.1, 0.15) is 42.9 Å². The number of hydrogen-bond acceptors (Lipinski definition) is 3. The highest BCUT2D eigenvalue weighted by atomic mass is 35.5. The summed E-state index contributed by atoms with van der Waals surface area (Å²) in [5.74, 6) is 0. The smallest absolute Gasteiger partial charge is 0.337 e. The van der Waals surface area contributed by atoms with Crippen LogP contribution < -0.4 is 10.6 Å². The van der Waals surface area contributed by atoms with Gasteiger partial charge in [0, 0.05) is 12.0 Å². The molecule has 0 atom stereocenters. The summed E-state index contributed by atoms with van der Waals surface area (Å²) in [6.07, 6.45) is -1.85. The van der Waals surface area contributed by atoms with Gasteiger partial charge in [0.25, 0.3) is 0 Å². The van der Waals surface area contributed by atoms with Crippen LogP contribution in [0.25, 0.3) is 11.1 Å². The van der Waals surface area contributed by atoms with Gasteiger partial charge in [0.15, 0.2) is 0 Å². The molecule has 0 radical (unpaired) electrons. The molecule has 39 heavy (non-hydrogen) atoms. The molecule has 1 fully saturated rings. The lowest BCUT2D eigenvalue weighted by Crippen LogP contribution is -2.49. The predicted molar refractivity (Wildman–Crippen MR) is 148 cm³/mol. The molecule has 0 unspecified atom stereocenters. The number of hydrogen-bond donors (Lipinski definition) is 2. The van der Waals surface area contributed by atoms with E-state index in [-0.39, 0.29) is 16.1 Å². The molecule has 0 aliphatic carbocycles. The molecule has 5 nitrogen and oxygen atoms in total. The molecule has 4 rings (SSSR count). The minimum Gasteiger partial charge on any atom is -0.337 e. The lowest BCUT2D eigenvalue weighted by Gasteiger charge is -2.42. The van der Waals surface area contributed by atoms with Crippen molar-refractivity contribution in [1.29, 1.82) is 5.26 Å². The van der Waals surface area contributed by atoms with Gasteiger partial charge < -0.3 is 15.5 Å². The van der Waals surface area contributed by atoms with Crippen molar-refractivity contribution in [3.05, 3.63) is 88.4 Å². The van der Waals surface area contributed by atoms with E-state index in [0.29, 0.717) is 12.1 Å². The number of carbonyl (C=O) groups excluding carboxylic acids is 1. The number of carbonyl (C=O) groups is 1. The summed E-state index contributed by atoms with van der Waals surface area (Å²) in [7, 11) is 0. The fourth-order valence-corrected chi connectivity index (χ4v) is 5.25. The lowest BCUT2D eigenvalue weighted by atomic mass is 9.72. The monoisotopic (exact) mass is 554 g/mol. The molecule has 3 aromatic rings. The summed E-state index contributed by atoms with van der Waals surface area (Å²) in [4.78, 5) is 15.2. The van der Waals surface area contributed by atoms with Crippen molar-refractivity contribution in [3.63, 3.8) is 0 Å². The first-order valence-electron chi connectivity index (χ1n) is 12.9. The van der Waals surface area contributed by atoms with Crippen molar-refractivity contribution >= 4 is 23.3 Å². The highest BCUT2D eigenvalue weighted by Gasteiger charge is 2.37. The Labute approximate surface area is 231 Å². The Bertz CT molecular complexity index is 1340. The summed E-state index contributed by atoms with van der Waals surface area (Å²) in [5, 5.41) is 14.6. The number of rotatable bonds is 7. The van der Waals surface area contributed by atoms with Crippen molar-refractivity contribution in [3.8, 4) is 17.2 Å². The van der Waals surface area contributed by atoms with Crippen LogP contribution in [0.4, 0.5) is 23.7 Å². The first-order chi connectivity index (χ1) is 18.6. The second-order valence-corrected chi connectivity index (χ2v) is 10.3. The zero-order chi connectivity index (χ0) is 28.0. The Morgan fingerprint density at radius 3 is 2.41 bits per heavy atom. The van der Waals surface area contributed by atoms with E-state index in [9.17, 15) is 23.2 Å². The highest BCUT2D eigenvalue weighted by molar-refractivity contribution is 6.33. The van der Waals surface area contributed by atoms with Crippen molar-refractivity contribution in [1.82, 2.24) is 10.2 Å². The summed E-state index contributed by atoms with van der Waals surface area (Å²) in [5.41, 5.74) is 2.28. The van der Waals surface area contributed by atoms with Gasteiger partial charge in [0.1, 0.15) is 0 Å². The zero-order valence-electron chi connectivity index (χ0n) is 21.6. The van der Waals surface area contributed by atoms with Crippen LogP contribution in [0.5, 0.6) is 0 Å². The molecule has 9 heteroatoms. The van der Waals surface area contributed by atoms with Crippen molar-refractivity contribution in [2.75, 3.05) is 31.5 Å². The molecule has 0 spiro atoms. The number of anilines is 1. The fraction of sp³-hybridized carbons (Fsp3) is 0.333. The number of nitriles is 1. The Kier molecular flexibility index (Phi) is 8.83. The van der Waals surface area contributed by atoms with Crippen LogP contribution in [-0.4, -0.2) is 37.1 Å². The number of piperidine rings is 1. The molecule has 0 aromatic heterocycles. The van der Waals surface area contributed by atoms with Crippen LogP contribution in [0.2, 0.25) is 5.02 Å². The molecule has 1 aliphatic heterocycles. The van der Waals surface area contributed by atoms with Gasteiger partial charge >= 0.3 is 12.2 Å². The van der Waals surface area contributed by atoms with Gasteiger partial charge in [0.2, 0.25) is 0 Å². The molecular weight excluding hydrogens is 525 g/mol. The Morgan fingerprint density at radius 1 is 1.05 bits per heavy atom. The third kappa shape index (κ3) is 6.92.